The zero-order valence-corrected chi connectivity index (χ0v) is 12.9. The Balaban J connectivity index is 1.86. The van der Waals surface area contributed by atoms with Gasteiger partial charge in [0.1, 0.15) is 0 Å². The van der Waals surface area contributed by atoms with Crippen LogP contribution in [-0.4, -0.2) is 25.0 Å². The summed E-state index contributed by atoms with van der Waals surface area (Å²) in [6.45, 7) is 5.96. The molecule has 0 saturated carbocycles. The van der Waals surface area contributed by atoms with E-state index in [1.165, 1.54) is 5.56 Å². The van der Waals surface area contributed by atoms with Gasteiger partial charge < -0.3 is 10.6 Å². The van der Waals surface area contributed by atoms with E-state index in [9.17, 15) is 4.79 Å². The van der Waals surface area contributed by atoms with Crippen molar-refractivity contribution in [3.05, 3.63) is 34.9 Å². The highest BCUT2D eigenvalue weighted by Gasteiger charge is 2.31. The smallest absolute Gasteiger partial charge is 0.224 e. The number of carbonyl (C=O) groups is 1. The Hall–Kier alpha value is -1.06. The molecule has 0 radical (unpaired) electrons. The molecule has 3 atom stereocenters. The second-order valence-electron chi connectivity index (χ2n) is 5.67. The van der Waals surface area contributed by atoms with Gasteiger partial charge in [0, 0.05) is 17.6 Å². The van der Waals surface area contributed by atoms with Crippen LogP contribution >= 0.6 is 11.6 Å². The molecular weight excluding hydrogens is 272 g/mol. The molecule has 1 aromatic rings. The van der Waals surface area contributed by atoms with Crippen LogP contribution in [0.2, 0.25) is 5.02 Å². The van der Waals surface area contributed by atoms with Gasteiger partial charge in [-0.05, 0) is 43.5 Å². The van der Waals surface area contributed by atoms with Gasteiger partial charge in [-0.1, -0.05) is 37.1 Å². The first kappa shape index (κ1) is 15.3. The molecule has 3 nitrogen and oxygen atoms in total. The number of hydrogen-bond donors (Lipinski definition) is 2. The van der Waals surface area contributed by atoms with Crippen LogP contribution in [0.3, 0.4) is 0 Å². The van der Waals surface area contributed by atoms with Gasteiger partial charge >= 0.3 is 0 Å². The minimum absolute atomic E-state index is 0.118. The van der Waals surface area contributed by atoms with Crippen molar-refractivity contribution in [1.29, 1.82) is 0 Å². The first-order valence-corrected chi connectivity index (χ1v) is 7.73. The van der Waals surface area contributed by atoms with Crippen molar-refractivity contribution in [3.8, 4) is 0 Å². The Kier molecular flexibility index (Phi) is 5.44. The van der Waals surface area contributed by atoms with Gasteiger partial charge in [-0.25, -0.2) is 0 Å². The molecule has 1 saturated heterocycles. The molecular formula is C16H23ClN2O. The summed E-state index contributed by atoms with van der Waals surface area (Å²) in [6, 6.07) is 7.94. The Bertz CT molecular complexity index is 446. The number of benzene rings is 1. The second-order valence-corrected chi connectivity index (χ2v) is 6.11. The number of nitrogens with one attached hydrogen (secondary N) is 2. The fraction of sp³-hybridized carbons (Fsp3) is 0.562. The maximum atomic E-state index is 12.3. The van der Waals surface area contributed by atoms with Crippen molar-refractivity contribution in [1.82, 2.24) is 10.6 Å². The number of amides is 1. The number of carbonyl (C=O) groups excluding carboxylic acids is 1. The summed E-state index contributed by atoms with van der Waals surface area (Å²) in [5.74, 6) is 0.772. The molecule has 1 aliphatic heterocycles. The SMILES string of the molecule is CC[C@@H]1CNC[C@H]1C(=O)N[C@@H](C)Cc1ccc(Cl)cc1. The zero-order chi connectivity index (χ0) is 14.5. The normalized spacial score (nSPS) is 23.6. The lowest BCUT2D eigenvalue weighted by Gasteiger charge is -2.20. The summed E-state index contributed by atoms with van der Waals surface area (Å²) in [4.78, 5) is 12.3. The van der Waals surface area contributed by atoms with Crippen LogP contribution in [0.1, 0.15) is 25.8 Å². The Morgan fingerprint density at radius 1 is 1.40 bits per heavy atom. The maximum Gasteiger partial charge on any atom is 0.224 e. The Morgan fingerprint density at radius 2 is 2.10 bits per heavy atom. The number of halogens is 1. The summed E-state index contributed by atoms with van der Waals surface area (Å²) >= 11 is 5.87. The predicted molar refractivity (Wildman–Crippen MR) is 82.9 cm³/mol. The largest absolute Gasteiger partial charge is 0.353 e. The van der Waals surface area contributed by atoms with E-state index in [4.69, 9.17) is 11.6 Å². The van der Waals surface area contributed by atoms with Gasteiger partial charge in [0.2, 0.25) is 5.91 Å². The molecule has 0 unspecified atom stereocenters. The van der Waals surface area contributed by atoms with Crippen LogP contribution in [0, 0.1) is 11.8 Å². The molecule has 4 heteroatoms. The third-order valence-electron chi connectivity index (χ3n) is 4.04. The number of hydrogen-bond acceptors (Lipinski definition) is 2. The lowest BCUT2D eigenvalue weighted by Crippen LogP contribution is -2.40. The van der Waals surface area contributed by atoms with E-state index in [1.807, 2.05) is 24.3 Å². The van der Waals surface area contributed by atoms with Gasteiger partial charge in [0.15, 0.2) is 0 Å². The molecule has 110 valence electrons. The van der Waals surface area contributed by atoms with E-state index in [0.717, 1.165) is 31.0 Å². The summed E-state index contributed by atoms with van der Waals surface area (Å²) in [5, 5.41) is 7.19. The summed E-state index contributed by atoms with van der Waals surface area (Å²) in [5.41, 5.74) is 1.19. The average molecular weight is 295 g/mol. The van der Waals surface area contributed by atoms with Crippen LogP contribution in [0.5, 0.6) is 0 Å². The molecule has 0 spiro atoms. The molecule has 1 amide bonds. The number of rotatable bonds is 5. The van der Waals surface area contributed by atoms with Crippen molar-refractivity contribution in [3.63, 3.8) is 0 Å². The topological polar surface area (TPSA) is 41.1 Å². The second kappa shape index (κ2) is 7.09. The molecule has 2 rings (SSSR count). The summed E-state index contributed by atoms with van der Waals surface area (Å²) in [7, 11) is 0. The molecule has 2 N–H and O–H groups in total. The average Bonchev–Trinajstić information content (AvgIpc) is 2.89. The van der Waals surface area contributed by atoms with Crippen LogP contribution < -0.4 is 10.6 Å². The first-order chi connectivity index (χ1) is 9.60. The molecule has 1 fully saturated rings. The maximum absolute atomic E-state index is 12.3. The van der Waals surface area contributed by atoms with Gasteiger partial charge in [-0.2, -0.15) is 0 Å². The third kappa shape index (κ3) is 3.97. The van der Waals surface area contributed by atoms with E-state index >= 15 is 0 Å². The van der Waals surface area contributed by atoms with Crippen LogP contribution in [0.25, 0.3) is 0 Å². The Morgan fingerprint density at radius 3 is 2.75 bits per heavy atom. The molecule has 0 bridgehead atoms. The van der Waals surface area contributed by atoms with E-state index in [0.29, 0.717) is 5.92 Å². The quantitative estimate of drug-likeness (QED) is 0.876. The van der Waals surface area contributed by atoms with Gasteiger partial charge in [0.05, 0.1) is 5.92 Å². The van der Waals surface area contributed by atoms with Gasteiger partial charge in [-0.15, -0.1) is 0 Å². The lowest BCUT2D eigenvalue weighted by molar-refractivity contribution is -0.126. The van der Waals surface area contributed by atoms with Gasteiger partial charge in [-0.3, -0.25) is 4.79 Å². The Labute approximate surface area is 126 Å². The molecule has 1 heterocycles. The first-order valence-electron chi connectivity index (χ1n) is 7.35. The van der Waals surface area contributed by atoms with Crippen molar-refractivity contribution in [2.24, 2.45) is 11.8 Å². The highest BCUT2D eigenvalue weighted by Crippen LogP contribution is 2.20. The highest BCUT2D eigenvalue weighted by atomic mass is 35.5. The molecule has 1 aliphatic rings. The van der Waals surface area contributed by atoms with E-state index in [-0.39, 0.29) is 17.9 Å². The monoisotopic (exact) mass is 294 g/mol. The predicted octanol–water partition coefficient (Wildman–Crippen LogP) is 2.63. The highest BCUT2D eigenvalue weighted by molar-refractivity contribution is 6.30. The minimum atomic E-state index is 0.118. The van der Waals surface area contributed by atoms with Crippen molar-refractivity contribution < 1.29 is 4.79 Å². The fourth-order valence-corrected chi connectivity index (χ4v) is 2.97. The molecule has 20 heavy (non-hydrogen) atoms. The fourth-order valence-electron chi connectivity index (χ4n) is 2.84. The van der Waals surface area contributed by atoms with Gasteiger partial charge in [0.25, 0.3) is 0 Å². The van der Waals surface area contributed by atoms with Crippen LogP contribution in [-0.2, 0) is 11.2 Å². The van der Waals surface area contributed by atoms with Crippen molar-refractivity contribution in [2.75, 3.05) is 13.1 Å². The lowest BCUT2D eigenvalue weighted by atomic mass is 9.92. The summed E-state index contributed by atoms with van der Waals surface area (Å²) in [6.07, 6.45) is 1.89. The van der Waals surface area contributed by atoms with Crippen molar-refractivity contribution >= 4 is 17.5 Å². The summed E-state index contributed by atoms with van der Waals surface area (Å²) < 4.78 is 0. The van der Waals surface area contributed by atoms with Crippen molar-refractivity contribution in [2.45, 2.75) is 32.7 Å². The third-order valence-corrected chi connectivity index (χ3v) is 4.30. The van der Waals surface area contributed by atoms with E-state index in [1.54, 1.807) is 0 Å². The van der Waals surface area contributed by atoms with Crippen LogP contribution in [0.15, 0.2) is 24.3 Å². The minimum Gasteiger partial charge on any atom is -0.353 e. The molecule has 0 aromatic heterocycles. The van der Waals surface area contributed by atoms with E-state index in [2.05, 4.69) is 24.5 Å². The standard InChI is InChI=1S/C16H23ClN2O/c1-3-13-9-18-10-15(13)16(20)19-11(2)8-12-4-6-14(17)7-5-12/h4-7,11,13,15,18H,3,8-10H2,1-2H3,(H,19,20)/t11-,13+,15+/m0/s1. The van der Waals surface area contributed by atoms with E-state index < -0.39 is 0 Å². The van der Waals surface area contributed by atoms with Crippen LogP contribution in [0.4, 0.5) is 0 Å². The molecule has 0 aliphatic carbocycles. The molecule has 1 aromatic carbocycles. The zero-order valence-electron chi connectivity index (χ0n) is 12.2.